The molecule has 3 unspecified atom stereocenters. The maximum atomic E-state index is 4.38. The van der Waals surface area contributed by atoms with Crippen LogP contribution in [0.15, 0.2) is 6.33 Å². The average Bonchev–Trinajstić information content (AvgIpc) is 2.53. The van der Waals surface area contributed by atoms with E-state index in [0.717, 1.165) is 15.5 Å². The Kier molecular flexibility index (Phi) is 3.96. The molecule has 1 aromatic rings. The molecule has 0 aliphatic heterocycles. The van der Waals surface area contributed by atoms with Crippen molar-refractivity contribution in [3.8, 4) is 0 Å². The molecule has 0 saturated heterocycles. The van der Waals surface area contributed by atoms with Gasteiger partial charge >= 0.3 is 0 Å². The Morgan fingerprint density at radius 3 is 2.53 bits per heavy atom. The van der Waals surface area contributed by atoms with Gasteiger partial charge < -0.3 is 4.57 Å². The minimum atomic E-state index is 0.680. The smallest absolute Gasteiger partial charge is 0.132 e. The zero-order chi connectivity index (χ0) is 11.0. The fourth-order valence-electron chi connectivity index (χ4n) is 2.35. The molecule has 84 valence electrons. The van der Waals surface area contributed by atoms with Gasteiger partial charge in [-0.2, -0.15) is 0 Å². The number of aromatic nitrogens is 2. The molecule has 2 nitrogen and oxygen atoms in total. The molecule has 1 aliphatic rings. The van der Waals surface area contributed by atoms with E-state index >= 15 is 0 Å². The maximum absolute atomic E-state index is 4.38. The van der Waals surface area contributed by atoms with E-state index in [4.69, 9.17) is 0 Å². The van der Waals surface area contributed by atoms with Gasteiger partial charge in [0.2, 0.25) is 0 Å². The first kappa shape index (κ1) is 12.1. The molecule has 1 saturated carbocycles. The van der Waals surface area contributed by atoms with Crippen LogP contribution in [0.3, 0.4) is 0 Å². The standard InChI is InChI=1S/C11H16I2N2/c1-7-3-4-9(5-8(7)2)15-6-14-10(12)11(15)13/h6-9H,3-5H2,1-2H3. The SMILES string of the molecule is CC1CCC(n2cnc(I)c2I)CC1C. The fraction of sp³-hybridized carbons (Fsp3) is 0.727. The Balaban J connectivity index is 2.15. The molecule has 3 atom stereocenters. The molecule has 0 N–H and O–H groups in total. The molecule has 0 aromatic carbocycles. The van der Waals surface area contributed by atoms with Crippen molar-refractivity contribution < 1.29 is 0 Å². The Morgan fingerprint density at radius 1 is 1.27 bits per heavy atom. The summed E-state index contributed by atoms with van der Waals surface area (Å²) in [4.78, 5) is 4.38. The predicted molar refractivity (Wildman–Crippen MR) is 78.9 cm³/mol. The van der Waals surface area contributed by atoms with Crippen LogP contribution < -0.4 is 0 Å². The minimum Gasteiger partial charge on any atom is -0.322 e. The third-order valence-corrected chi connectivity index (χ3v) is 6.55. The monoisotopic (exact) mass is 430 g/mol. The van der Waals surface area contributed by atoms with Crippen LogP contribution in [0, 0.1) is 19.2 Å². The van der Waals surface area contributed by atoms with Crippen molar-refractivity contribution in [3.05, 3.63) is 13.7 Å². The number of hydrogen-bond acceptors (Lipinski definition) is 1. The molecule has 1 heterocycles. The van der Waals surface area contributed by atoms with Gasteiger partial charge in [-0.15, -0.1) is 0 Å². The van der Waals surface area contributed by atoms with Crippen molar-refractivity contribution in [3.63, 3.8) is 0 Å². The molecule has 1 aliphatic carbocycles. The van der Waals surface area contributed by atoms with Gasteiger partial charge in [0.05, 0.1) is 6.33 Å². The van der Waals surface area contributed by atoms with Crippen molar-refractivity contribution >= 4 is 45.2 Å². The van der Waals surface area contributed by atoms with Crippen molar-refractivity contribution in [1.82, 2.24) is 9.55 Å². The summed E-state index contributed by atoms with van der Waals surface area (Å²) in [5.41, 5.74) is 0. The number of hydrogen-bond donors (Lipinski definition) is 0. The van der Waals surface area contributed by atoms with Gasteiger partial charge in [0.15, 0.2) is 0 Å². The van der Waals surface area contributed by atoms with E-state index in [1.807, 2.05) is 6.33 Å². The van der Waals surface area contributed by atoms with Gasteiger partial charge in [-0.25, -0.2) is 4.98 Å². The van der Waals surface area contributed by atoms with E-state index in [1.165, 1.54) is 23.0 Å². The quantitative estimate of drug-likeness (QED) is 0.615. The Morgan fingerprint density at radius 2 is 2.00 bits per heavy atom. The van der Waals surface area contributed by atoms with Crippen LogP contribution in [-0.2, 0) is 0 Å². The number of halogens is 2. The molecule has 4 heteroatoms. The second kappa shape index (κ2) is 4.89. The second-order valence-corrected chi connectivity index (χ2v) is 6.70. The molecule has 0 amide bonds. The van der Waals surface area contributed by atoms with E-state index in [2.05, 4.69) is 68.6 Å². The van der Waals surface area contributed by atoms with E-state index < -0.39 is 0 Å². The highest BCUT2D eigenvalue weighted by molar-refractivity contribution is 14.1. The lowest BCUT2D eigenvalue weighted by atomic mass is 9.79. The summed E-state index contributed by atoms with van der Waals surface area (Å²) < 4.78 is 4.81. The van der Waals surface area contributed by atoms with Gasteiger partial charge in [0.25, 0.3) is 0 Å². The van der Waals surface area contributed by atoms with Gasteiger partial charge in [0, 0.05) is 6.04 Å². The lowest BCUT2D eigenvalue weighted by Gasteiger charge is -2.33. The zero-order valence-corrected chi connectivity index (χ0v) is 13.4. The predicted octanol–water partition coefficient (Wildman–Crippen LogP) is 4.09. The highest BCUT2D eigenvalue weighted by Crippen LogP contribution is 2.37. The van der Waals surface area contributed by atoms with Crippen LogP contribution in [-0.4, -0.2) is 9.55 Å². The summed E-state index contributed by atoms with van der Waals surface area (Å²) in [7, 11) is 0. The lowest BCUT2D eigenvalue weighted by molar-refractivity contribution is 0.209. The van der Waals surface area contributed by atoms with Gasteiger partial charge in [-0.1, -0.05) is 13.8 Å². The summed E-state index contributed by atoms with van der Waals surface area (Å²) in [5, 5.41) is 0. The van der Waals surface area contributed by atoms with Crippen molar-refractivity contribution in [2.75, 3.05) is 0 Å². The molecule has 15 heavy (non-hydrogen) atoms. The fourth-order valence-corrected chi connectivity index (χ4v) is 3.41. The number of nitrogens with zero attached hydrogens (tertiary/aromatic N) is 2. The first-order valence-electron chi connectivity index (χ1n) is 5.47. The molecule has 0 spiro atoms. The average molecular weight is 430 g/mol. The Bertz CT molecular complexity index is 348. The summed E-state index contributed by atoms with van der Waals surface area (Å²) in [6, 6.07) is 0.680. The second-order valence-electron chi connectivity index (χ2n) is 4.65. The number of imidazole rings is 1. The third-order valence-electron chi connectivity index (χ3n) is 3.66. The molecule has 1 aromatic heterocycles. The van der Waals surface area contributed by atoms with Crippen molar-refractivity contribution in [1.29, 1.82) is 0 Å². The van der Waals surface area contributed by atoms with E-state index in [9.17, 15) is 0 Å². The van der Waals surface area contributed by atoms with E-state index in [0.29, 0.717) is 6.04 Å². The molecule has 2 rings (SSSR count). The maximum Gasteiger partial charge on any atom is 0.132 e. The Labute approximate surface area is 119 Å². The third kappa shape index (κ3) is 2.50. The highest BCUT2D eigenvalue weighted by atomic mass is 127. The van der Waals surface area contributed by atoms with Crippen LogP contribution in [0.2, 0.25) is 0 Å². The first-order chi connectivity index (χ1) is 7.09. The minimum absolute atomic E-state index is 0.680. The molecular weight excluding hydrogens is 414 g/mol. The molecule has 0 radical (unpaired) electrons. The molecular formula is C11H16I2N2. The van der Waals surface area contributed by atoms with Gasteiger partial charge in [-0.3, -0.25) is 0 Å². The van der Waals surface area contributed by atoms with Crippen LogP contribution in [0.1, 0.15) is 39.2 Å². The van der Waals surface area contributed by atoms with Gasteiger partial charge in [0.1, 0.15) is 7.40 Å². The molecule has 0 bridgehead atoms. The van der Waals surface area contributed by atoms with Crippen molar-refractivity contribution in [2.24, 2.45) is 11.8 Å². The summed E-state index contributed by atoms with van der Waals surface area (Å²) in [6.07, 6.45) is 5.99. The normalized spacial score (nSPS) is 31.9. The number of rotatable bonds is 1. The molecule has 1 fully saturated rings. The van der Waals surface area contributed by atoms with Crippen molar-refractivity contribution in [2.45, 2.75) is 39.2 Å². The lowest BCUT2D eigenvalue weighted by Crippen LogP contribution is -2.23. The van der Waals surface area contributed by atoms with Crippen LogP contribution in [0.25, 0.3) is 0 Å². The van der Waals surface area contributed by atoms with E-state index in [1.54, 1.807) is 0 Å². The van der Waals surface area contributed by atoms with Crippen LogP contribution in [0.5, 0.6) is 0 Å². The Hall–Kier alpha value is 0.670. The largest absolute Gasteiger partial charge is 0.322 e. The van der Waals surface area contributed by atoms with Gasteiger partial charge in [-0.05, 0) is 76.3 Å². The van der Waals surface area contributed by atoms with E-state index in [-0.39, 0.29) is 0 Å². The van der Waals surface area contributed by atoms with Crippen LogP contribution >= 0.6 is 45.2 Å². The summed E-state index contributed by atoms with van der Waals surface area (Å²) in [6.45, 7) is 4.76. The first-order valence-corrected chi connectivity index (χ1v) is 7.63. The zero-order valence-electron chi connectivity index (χ0n) is 9.08. The summed E-state index contributed by atoms with van der Waals surface area (Å²) in [5.74, 6) is 1.74. The highest BCUT2D eigenvalue weighted by Gasteiger charge is 2.26. The topological polar surface area (TPSA) is 17.8 Å². The van der Waals surface area contributed by atoms with Crippen LogP contribution in [0.4, 0.5) is 0 Å². The summed E-state index contributed by atoms with van der Waals surface area (Å²) >= 11 is 4.72.